The zero-order valence-corrected chi connectivity index (χ0v) is 6.67. The van der Waals surface area contributed by atoms with Crippen LogP contribution in [0.5, 0.6) is 0 Å². The average molecular weight is 137 g/mol. The van der Waals surface area contributed by atoms with Gasteiger partial charge >= 0.3 is 0 Å². The van der Waals surface area contributed by atoms with E-state index >= 15 is 0 Å². The van der Waals surface area contributed by atoms with Gasteiger partial charge in [-0.3, -0.25) is 0 Å². The van der Waals surface area contributed by atoms with Crippen molar-refractivity contribution in [2.24, 2.45) is 11.7 Å². The molecule has 0 heterocycles. The van der Waals surface area contributed by atoms with Gasteiger partial charge in [-0.25, -0.2) is 0 Å². The third-order valence-electron chi connectivity index (χ3n) is 1.94. The maximum Gasteiger partial charge on any atom is 0.00765 e. The third-order valence-corrected chi connectivity index (χ3v) is 1.94. The van der Waals surface area contributed by atoms with Crippen LogP contribution >= 0.6 is 0 Å². The van der Waals surface area contributed by atoms with Crippen molar-refractivity contribution in [2.75, 3.05) is 0 Å². The summed E-state index contributed by atoms with van der Waals surface area (Å²) in [6.45, 7) is 4.18. The SMILES string of the molecule is CC1=CC(C(C)N)CC=C1. The van der Waals surface area contributed by atoms with Crippen LogP contribution in [-0.4, -0.2) is 6.04 Å². The Bertz CT molecular complexity index is 166. The van der Waals surface area contributed by atoms with E-state index < -0.39 is 0 Å². The Morgan fingerprint density at radius 3 is 2.80 bits per heavy atom. The molecule has 2 atom stereocenters. The van der Waals surface area contributed by atoms with Gasteiger partial charge in [0.1, 0.15) is 0 Å². The number of hydrogen-bond acceptors (Lipinski definition) is 1. The van der Waals surface area contributed by atoms with Crippen LogP contribution in [0.25, 0.3) is 0 Å². The molecule has 56 valence electrons. The average Bonchev–Trinajstić information content (AvgIpc) is 1.88. The fourth-order valence-electron chi connectivity index (χ4n) is 1.24. The van der Waals surface area contributed by atoms with Crippen molar-refractivity contribution in [1.82, 2.24) is 0 Å². The second-order valence-electron chi connectivity index (χ2n) is 3.07. The molecule has 2 N–H and O–H groups in total. The van der Waals surface area contributed by atoms with Crippen LogP contribution in [0, 0.1) is 5.92 Å². The van der Waals surface area contributed by atoms with Gasteiger partial charge in [0.15, 0.2) is 0 Å². The molecule has 0 aromatic heterocycles. The van der Waals surface area contributed by atoms with Crippen molar-refractivity contribution < 1.29 is 0 Å². The quantitative estimate of drug-likeness (QED) is 0.586. The van der Waals surface area contributed by atoms with Crippen LogP contribution in [-0.2, 0) is 0 Å². The minimum atomic E-state index is 0.292. The normalized spacial score (nSPS) is 27.9. The predicted molar refractivity (Wildman–Crippen MR) is 44.7 cm³/mol. The summed E-state index contributed by atoms with van der Waals surface area (Å²) in [6.07, 6.45) is 7.71. The maximum atomic E-state index is 5.75. The van der Waals surface area contributed by atoms with Gasteiger partial charge in [0.2, 0.25) is 0 Å². The number of rotatable bonds is 1. The summed E-state index contributed by atoms with van der Waals surface area (Å²) in [6, 6.07) is 0.292. The highest BCUT2D eigenvalue weighted by Crippen LogP contribution is 2.17. The van der Waals surface area contributed by atoms with Crippen molar-refractivity contribution in [3.63, 3.8) is 0 Å². The van der Waals surface area contributed by atoms with Gasteiger partial charge in [0, 0.05) is 6.04 Å². The lowest BCUT2D eigenvalue weighted by Crippen LogP contribution is -2.25. The molecule has 2 unspecified atom stereocenters. The highest BCUT2D eigenvalue weighted by molar-refractivity contribution is 5.22. The minimum Gasteiger partial charge on any atom is -0.327 e. The lowest BCUT2D eigenvalue weighted by molar-refractivity contribution is 0.535. The number of nitrogens with two attached hydrogens (primary N) is 1. The highest BCUT2D eigenvalue weighted by atomic mass is 14.6. The van der Waals surface area contributed by atoms with Gasteiger partial charge in [-0.1, -0.05) is 23.8 Å². The molecule has 0 saturated carbocycles. The van der Waals surface area contributed by atoms with E-state index in [4.69, 9.17) is 5.73 Å². The molecular formula is C9H15N. The Balaban J connectivity index is 2.60. The molecule has 10 heavy (non-hydrogen) atoms. The first kappa shape index (κ1) is 7.55. The molecule has 1 nitrogen and oxygen atoms in total. The van der Waals surface area contributed by atoms with E-state index in [9.17, 15) is 0 Å². The van der Waals surface area contributed by atoms with Gasteiger partial charge in [-0.15, -0.1) is 0 Å². The molecule has 1 aliphatic rings. The lowest BCUT2D eigenvalue weighted by Gasteiger charge is -2.18. The summed E-state index contributed by atoms with van der Waals surface area (Å²) < 4.78 is 0. The standard InChI is InChI=1S/C9H15N/c1-7-4-3-5-9(6-7)8(2)10/h3-4,6,8-9H,5,10H2,1-2H3. The van der Waals surface area contributed by atoms with Gasteiger partial charge in [-0.2, -0.15) is 0 Å². The first-order valence-electron chi connectivity index (χ1n) is 3.80. The van der Waals surface area contributed by atoms with Crippen LogP contribution in [0.15, 0.2) is 23.8 Å². The molecular weight excluding hydrogens is 122 g/mol. The third kappa shape index (κ3) is 1.71. The van der Waals surface area contributed by atoms with Crippen molar-refractivity contribution >= 4 is 0 Å². The summed E-state index contributed by atoms with van der Waals surface area (Å²) >= 11 is 0. The maximum absolute atomic E-state index is 5.75. The Morgan fingerprint density at radius 1 is 1.70 bits per heavy atom. The first-order valence-corrected chi connectivity index (χ1v) is 3.80. The molecule has 1 aliphatic carbocycles. The second kappa shape index (κ2) is 3.02. The minimum absolute atomic E-state index is 0.292. The van der Waals surface area contributed by atoms with Crippen LogP contribution in [0.2, 0.25) is 0 Å². The molecule has 0 aromatic rings. The summed E-state index contributed by atoms with van der Waals surface area (Å²) in [5, 5.41) is 0. The molecule has 0 saturated heterocycles. The molecule has 0 fully saturated rings. The van der Waals surface area contributed by atoms with Crippen LogP contribution in [0.1, 0.15) is 20.3 Å². The Kier molecular flexibility index (Phi) is 2.28. The van der Waals surface area contributed by atoms with Gasteiger partial charge < -0.3 is 5.73 Å². The summed E-state index contributed by atoms with van der Waals surface area (Å²) in [5.74, 6) is 0.560. The van der Waals surface area contributed by atoms with E-state index in [1.165, 1.54) is 5.57 Å². The topological polar surface area (TPSA) is 26.0 Å². The van der Waals surface area contributed by atoms with E-state index in [1.807, 2.05) is 0 Å². The zero-order valence-electron chi connectivity index (χ0n) is 6.67. The van der Waals surface area contributed by atoms with Gasteiger partial charge in [0.25, 0.3) is 0 Å². The lowest BCUT2D eigenvalue weighted by atomic mass is 9.92. The smallest absolute Gasteiger partial charge is 0.00765 e. The molecule has 0 aliphatic heterocycles. The molecule has 0 bridgehead atoms. The Morgan fingerprint density at radius 2 is 2.40 bits per heavy atom. The van der Waals surface area contributed by atoms with E-state index in [0.29, 0.717) is 12.0 Å². The van der Waals surface area contributed by atoms with E-state index in [-0.39, 0.29) is 0 Å². The largest absolute Gasteiger partial charge is 0.327 e. The highest BCUT2D eigenvalue weighted by Gasteiger charge is 2.10. The first-order chi connectivity index (χ1) is 4.70. The van der Waals surface area contributed by atoms with Crippen LogP contribution in [0.4, 0.5) is 0 Å². The predicted octanol–water partition coefficient (Wildman–Crippen LogP) is 1.86. The fourth-order valence-corrected chi connectivity index (χ4v) is 1.24. The van der Waals surface area contributed by atoms with Crippen LogP contribution in [0.3, 0.4) is 0 Å². The monoisotopic (exact) mass is 137 g/mol. The van der Waals surface area contributed by atoms with E-state index in [2.05, 4.69) is 32.1 Å². The molecule has 0 amide bonds. The van der Waals surface area contributed by atoms with Crippen molar-refractivity contribution in [3.05, 3.63) is 23.8 Å². The molecule has 0 radical (unpaired) electrons. The molecule has 0 spiro atoms. The summed E-state index contributed by atoms with van der Waals surface area (Å²) in [7, 11) is 0. The molecule has 0 aromatic carbocycles. The zero-order chi connectivity index (χ0) is 7.56. The van der Waals surface area contributed by atoms with E-state index in [0.717, 1.165) is 6.42 Å². The van der Waals surface area contributed by atoms with Crippen LogP contribution < -0.4 is 5.73 Å². The van der Waals surface area contributed by atoms with Crippen molar-refractivity contribution in [3.8, 4) is 0 Å². The van der Waals surface area contributed by atoms with E-state index in [1.54, 1.807) is 0 Å². The number of allylic oxidation sites excluding steroid dienone is 3. The second-order valence-corrected chi connectivity index (χ2v) is 3.07. The van der Waals surface area contributed by atoms with Gasteiger partial charge in [-0.05, 0) is 26.2 Å². The molecule has 1 rings (SSSR count). The Hall–Kier alpha value is -0.560. The van der Waals surface area contributed by atoms with Crippen molar-refractivity contribution in [1.29, 1.82) is 0 Å². The van der Waals surface area contributed by atoms with Gasteiger partial charge in [0.05, 0.1) is 0 Å². The number of hydrogen-bond donors (Lipinski definition) is 1. The molecule has 1 heteroatoms. The Labute approximate surface area is 62.6 Å². The summed E-state index contributed by atoms with van der Waals surface area (Å²) in [4.78, 5) is 0. The fraction of sp³-hybridized carbons (Fsp3) is 0.556. The summed E-state index contributed by atoms with van der Waals surface area (Å²) in [5.41, 5.74) is 7.09. The van der Waals surface area contributed by atoms with Crippen molar-refractivity contribution in [2.45, 2.75) is 26.3 Å².